The van der Waals surface area contributed by atoms with Crippen molar-refractivity contribution in [2.75, 3.05) is 11.1 Å². The first-order valence-corrected chi connectivity index (χ1v) is 7.71. The summed E-state index contributed by atoms with van der Waals surface area (Å²) in [6, 6.07) is 12.1. The lowest BCUT2D eigenvalue weighted by Crippen LogP contribution is -2.15. The molecule has 2 heterocycles. The number of anilines is 2. The summed E-state index contributed by atoms with van der Waals surface area (Å²) in [4.78, 5) is 20.2. The number of hydrogen-bond donors (Lipinski definition) is 2. The van der Waals surface area contributed by atoms with Crippen LogP contribution in [-0.2, 0) is 0 Å². The number of nitrogens with zero attached hydrogens (tertiary/aromatic N) is 2. The van der Waals surface area contributed by atoms with E-state index < -0.39 is 11.9 Å². The Labute approximate surface area is 144 Å². The van der Waals surface area contributed by atoms with Gasteiger partial charge in [-0.3, -0.25) is 9.78 Å². The molecule has 0 radical (unpaired) electrons. The molecule has 1 amide bonds. The number of hydrogen-bond acceptors (Lipinski definition) is 4. The Morgan fingerprint density at radius 3 is 2.52 bits per heavy atom. The minimum Gasteiger partial charge on any atom is -0.397 e. The van der Waals surface area contributed by atoms with Crippen LogP contribution in [0, 0.1) is 19.8 Å². The Morgan fingerprint density at radius 2 is 1.84 bits per heavy atom. The molecule has 126 valence electrons. The van der Waals surface area contributed by atoms with E-state index in [2.05, 4.69) is 15.3 Å². The van der Waals surface area contributed by atoms with Crippen molar-refractivity contribution < 1.29 is 9.18 Å². The number of aromatic nitrogens is 2. The second kappa shape index (κ2) is 6.68. The highest BCUT2D eigenvalue weighted by atomic mass is 19.1. The van der Waals surface area contributed by atoms with Crippen LogP contribution in [0.4, 0.5) is 15.8 Å². The summed E-state index contributed by atoms with van der Waals surface area (Å²) in [5, 5.41) is 2.68. The van der Waals surface area contributed by atoms with Gasteiger partial charge in [0.05, 0.1) is 11.4 Å². The van der Waals surface area contributed by atoms with Crippen LogP contribution in [0.1, 0.15) is 21.7 Å². The Morgan fingerprint density at radius 1 is 1.08 bits per heavy atom. The van der Waals surface area contributed by atoms with Crippen LogP contribution in [0.15, 0.2) is 48.7 Å². The number of nitrogens with one attached hydrogen (secondary N) is 1. The molecule has 0 aliphatic rings. The number of aryl methyl sites for hydroxylation is 2. The number of rotatable bonds is 3. The number of halogens is 1. The third-order valence-corrected chi connectivity index (χ3v) is 3.81. The summed E-state index contributed by atoms with van der Waals surface area (Å²) in [6.45, 7) is 3.49. The molecule has 0 saturated carbocycles. The SMILES string of the molecule is Cc1ccc(-c2ccc(N)c(NC(=O)c3ccc(C)c(F)n3)c2)cn1. The molecule has 3 aromatic rings. The van der Waals surface area contributed by atoms with Gasteiger partial charge in [0.1, 0.15) is 5.69 Å². The number of amides is 1. The van der Waals surface area contributed by atoms with Gasteiger partial charge in [0.2, 0.25) is 5.95 Å². The van der Waals surface area contributed by atoms with Crippen molar-refractivity contribution in [2.45, 2.75) is 13.8 Å². The molecule has 2 aromatic heterocycles. The van der Waals surface area contributed by atoms with Gasteiger partial charge in [0.15, 0.2) is 0 Å². The first-order chi connectivity index (χ1) is 11.9. The molecule has 5 nitrogen and oxygen atoms in total. The number of nitrogen functional groups attached to an aromatic ring is 1. The molecule has 3 rings (SSSR count). The Hall–Kier alpha value is -3.28. The van der Waals surface area contributed by atoms with E-state index in [1.165, 1.54) is 12.1 Å². The first kappa shape index (κ1) is 16.6. The van der Waals surface area contributed by atoms with Gasteiger partial charge in [-0.2, -0.15) is 4.39 Å². The number of pyridine rings is 2. The average Bonchev–Trinajstić information content (AvgIpc) is 2.60. The molecule has 0 unspecified atom stereocenters. The van der Waals surface area contributed by atoms with Gasteiger partial charge in [-0.05, 0) is 43.7 Å². The molecule has 0 aliphatic carbocycles. The predicted molar refractivity (Wildman–Crippen MR) is 95.7 cm³/mol. The van der Waals surface area contributed by atoms with Crippen LogP contribution in [0.3, 0.4) is 0 Å². The van der Waals surface area contributed by atoms with Crippen LogP contribution in [0.5, 0.6) is 0 Å². The van der Waals surface area contributed by atoms with E-state index >= 15 is 0 Å². The van der Waals surface area contributed by atoms with Gasteiger partial charge < -0.3 is 11.1 Å². The van der Waals surface area contributed by atoms with E-state index in [1.807, 2.05) is 25.1 Å². The van der Waals surface area contributed by atoms with Gasteiger partial charge in [0, 0.05) is 23.0 Å². The average molecular weight is 336 g/mol. The summed E-state index contributed by atoms with van der Waals surface area (Å²) in [5.41, 5.74) is 9.84. The Balaban J connectivity index is 1.89. The van der Waals surface area contributed by atoms with Crippen molar-refractivity contribution in [2.24, 2.45) is 0 Å². The first-order valence-electron chi connectivity index (χ1n) is 7.71. The van der Waals surface area contributed by atoms with Gasteiger partial charge in [-0.25, -0.2) is 4.98 Å². The minimum atomic E-state index is -0.667. The van der Waals surface area contributed by atoms with Crippen LogP contribution < -0.4 is 11.1 Å². The lowest BCUT2D eigenvalue weighted by Gasteiger charge is -2.11. The van der Waals surface area contributed by atoms with Crippen LogP contribution in [0.25, 0.3) is 11.1 Å². The van der Waals surface area contributed by atoms with Crippen molar-refractivity contribution >= 4 is 17.3 Å². The van der Waals surface area contributed by atoms with Gasteiger partial charge >= 0.3 is 0 Å². The lowest BCUT2D eigenvalue weighted by atomic mass is 10.1. The quantitative estimate of drug-likeness (QED) is 0.564. The predicted octanol–water partition coefficient (Wildman–Crippen LogP) is 3.73. The van der Waals surface area contributed by atoms with E-state index in [4.69, 9.17) is 5.73 Å². The summed E-state index contributed by atoms with van der Waals surface area (Å²) < 4.78 is 13.6. The Kier molecular flexibility index (Phi) is 4.43. The molecule has 3 N–H and O–H groups in total. The summed E-state index contributed by atoms with van der Waals surface area (Å²) >= 11 is 0. The maximum absolute atomic E-state index is 13.6. The van der Waals surface area contributed by atoms with Gasteiger partial charge in [0.25, 0.3) is 5.91 Å². The maximum atomic E-state index is 13.6. The molecular formula is C19H17FN4O. The van der Waals surface area contributed by atoms with Crippen molar-refractivity contribution in [1.29, 1.82) is 0 Å². The van der Waals surface area contributed by atoms with Crippen LogP contribution >= 0.6 is 0 Å². The second-order valence-electron chi connectivity index (χ2n) is 5.75. The third-order valence-electron chi connectivity index (χ3n) is 3.81. The zero-order valence-corrected chi connectivity index (χ0v) is 13.9. The van der Waals surface area contributed by atoms with Gasteiger partial charge in [-0.1, -0.05) is 18.2 Å². The monoisotopic (exact) mass is 336 g/mol. The molecule has 0 fully saturated rings. The van der Waals surface area contributed by atoms with Crippen molar-refractivity contribution in [1.82, 2.24) is 9.97 Å². The smallest absolute Gasteiger partial charge is 0.274 e. The van der Waals surface area contributed by atoms with Crippen molar-refractivity contribution in [3.63, 3.8) is 0 Å². The maximum Gasteiger partial charge on any atom is 0.274 e. The largest absolute Gasteiger partial charge is 0.397 e. The molecule has 0 saturated heterocycles. The van der Waals surface area contributed by atoms with Gasteiger partial charge in [-0.15, -0.1) is 0 Å². The zero-order chi connectivity index (χ0) is 18.0. The Bertz CT molecular complexity index is 939. The summed E-state index contributed by atoms with van der Waals surface area (Å²) in [5.74, 6) is -1.19. The normalized spacial score (nSPS) is 10.5. The highest BCUT2D eigenvalue weighted by molar-refractivity contribution is 6.04. The topological polar surface area (TPSA) is 80.9 Å². The molecule has 6 heteroatoms. The molecule has 0 atom stereocenters. The molecule has 1 aromatic carbocycles. The second-order valence-corrected chi connectivity index (χ2v) is 5.75. The van der Waals surface area contributed by atoms with E-state index in [1.54, 1.807) is 25.3 Å². The number of carbonyl (C=O) groups excluding carboxylic acids is 1. The van der Waals surface area contributed by atoms with Crippen molar-refractivity contribution in [3.05, 3.63) is 71.6 Å². The number of nitrogens with two attached hydrogens (primary N) is 1. The standard InChI is InChI=1S/C19H17FN4O/c1-11-3-8-16(23-18(11)20)19(25)24-17-9-13(6-7-15(17)21)14-5-4-12(2)22-10-14/h3-10H,21H2,1-2H3,(H,24,25). The number of benzene rings is 1. The molecule has 0 bridgehead atoms. The fourth-order valence-corrected chi connectivity index (χ4v) is 2.30. The minimum absolute atomic E-state index is 0.00935. The highest BCUT2D eigenvalue weighted by Crippen LogP contribution is 2.27. The fourth-order valence-electron chi connectivity index (χ4n) is 2.30. The number of carbonyl (C=O) groups is 1. The van der Waals surface area contributed by atoms with E-state index in [-0.39, 0.29) is 5.69 Å². The summed E-state index contributed by atoms with van der Waals surface area (Å²) in [7, 11) is 0. The van der Waals surface area contributed by atoms with Crippen molar-refractivity contribution in [3.8, 4) is 11.1 Å². The molecule has 25 heavy (non-hydrogen) atoms. The fraction of sp³-hybridized carbons (Fsp3) is 0.105. The third kappa shape index (κ3) is 3.63. The molecular weight excluding hydrogens is 319 g/mol. The summed E-state index contributed by atoms with van der Waals surface area (Å²) in [6.07, 6.45) is 1.75. The van der Waals surface area contributed by atoms with Crippen LogP contribution in [0.2, 0.25) is 0 Å². The van der Waals surface area contributed by atoms with E-state index in [0.717, 1.165) is 16.8 Å². The van der Waals surface area contributed by atoms with E-state index in [0.29, 0.717) is 16.9 Å². The van der Waals surface area contributed by atoms with E-state index in [9.17, 15) is 9.18 Å². The highest BCUT2D eigenvalue weighted by Gasteiger charge is 2.12. The molecule has 0 aliphatic heterocycles. The van der Waals surface area contributed by atoms with Crippen LogP contribution in [-0.4, -0.2) is 15.9 Å². The molecule has 0 spiro atoms. The lowest BCUT2D eigenvalue weighted by molar-refractivity contribution is 0.102. The zero-order valence-electron chi connectivity index (χ0n) is 13.9.